The molecule has 0 aliphatic rings. The summed E-state index contributed by atoms with van der Waals surface area (Å²) in [5.74, 6) is -0.0859. The van der Waals surface area contributed by atoms with Gasteiger partial charge in [-0.1, -0.05) is 45.8 Å². The lowest BCUT2D eigenvalue weighted by atomic mass is 9.99. The van der Waals surface area contributed by atoms with Crippen LogP contribution in [0.4, 0.5) is 0 Å². The Morgan fingerprint density at radius 3 is 2.70 bits per heavy atom. The van der Waals surface area contributed by atoms with Gasteiger partial charge in [-0.2, -0.15) is 0 Å². The van der Waals surface area contributed by atoms with Crippen molar-refractivity contribution in [3.05, 3.63) is 69.2 Å². The normalized spacial score (nSPS) is 12.0. The molecule has 23 heavy (non-hydrogen) atoms. The fourth-order valence-corrected chi connectivity index (χ4v) is 2.96. The van der Waals surface area contributed by atoms with Crippen molar-refractivity contribution < 1.29 is 9.90 Å². The van der Waals surface area contributed by atoms with Crippen molar-refractivity contribution in [2.75, 3.05) is 13.2 Å². The molecule has 0 fully saturated rings. The molecule has 0 bridgehead atoms. The number of nitrogens with one attached hydrogen (secondary N) is 1. The first kappa shape index (κ1) is 17.7. The molecule has 0 aliphatic heterocycles. The van der Waals surface area contributed by atoms with E-state index >= 15 is 0 Å². The number of carbonyl (C=O) groups excluding carboxylic acids is 1. The standard InChI is InChI=1S/C19H22BrNO2/c1-13-6-7-14(2)18(8-13)19(23)21-11-16(12-22)9-15-4-3-5-17(20)10-15/h3-8,10,16,22H,9,11-12H2,1-2H3,(H,21,23). The van der Waals surface area contributed by atoms with Crippen LogP contribution < -0.4 is 5.32 Å². The molecule has 1 amide bonds. The van der Waals surface area contributed by atoms with E-state index in [1.807, 2.05) is 56.3 Å². The highest BCUT2D eigenvalue weighted by atomic mass is 79.9. The number of hydrogen-bond donors (Lipinski definition) is 2. The second-order valence-electron chi connectivity index (χ2n) is 5.91. The highest BCUT2D eigenvalue weighted by Crippen LogP contribution is 2.15. The SMILES string of the molecule is Cc1ccc(C)c(C(=O)NCC(CO)Cc2cccc(Br)c2)c1. The fraction of sp³-hybridized carbons (Fsp3) is 0.316. The molecule has 2 aromatic carbocycles. The maximum Gasteiger partial charge on any atom is 0.251 e. The molecule has 0 saturated heterocycles. The zero-order valence-corrected chi connectivity index (χ0v) is 15.1. The summed E-state index contributed by atoms with van der Waals surface area (Å²) in [6.07, 6.45) is 0.725. The van der Waals surface area contributed by atoms with E-state index in [2.05, 4.69) is 21.2 Å². The molecular weight excluding hydrogens is 354 g/mol. The molecule has 3 nitrogen and oxygen atoms in total. The number of benzene rings is 2. The van der Waals surface area contributed by atoms with Crippen molar-refractivity contribution in [3.8, 4) is 0 Å². The Labute approximate surface area is 145 Å². The van der Waals surface area contributed by atoms with Crippen LogP contribution in [-0.2, 0) is 6.42 Å². The lowest BCUT2D eigenvalue weighted by Crippen LogP contribution is -2.32. The second kappa shape index (κ2) is 8.27. The van der Waals surface area contributed by atoms with Crippen LogP contribution in [0.15, 0.2) is 46.9 Å². The van der Waals surface area contributed by atoms with Gasteiger partial charge >= 0.3 is 0 Å². The third-order valence-corrected chi connectivity index (χ3v) is 4.35. The Morgan fingerprint density at radius 1 is 1.22 bits per heavy atom. The van der Waals surface area contributed by atoms with E-state index in [4.69, 9.17) is 0 Å². The highest BCUT2D eigenvalue weighted by Gasteiger charge is 2.13. The summed E-state index contributed by atoms with van der Waals surface area (Å²) < 4.78 is 1.02. The van der Waals surface area contributed by atoms with Crippen molar-refractivity contribution in [1.82, 2.24) is 5.32 Å². The van der Waals surface area contributed by atoms with Crippen LogP contribution in [0, 0.1) is 19.8 Å². The first-order valence-electron chi connectivity index (χ1n) is 7.70. The van der Waals surface area contributed by atoms with Crippen LogP contribution in [0.3, 0.4) is 0 Å². The summed E-state index contributed by atoms with van der Waals surface area (Å²) in [5.41, 5.74) is 3.86. The molecule has 0 aliphatic carbocycles. The molecule has 0 heterocycles. The Kier molecular flexibility index (Phi) is 6.37. The van der Waals surface area contributed by atoms with Crippen molar-refractivity contribution in [3.63, 3.8) is 0 Å². The number of aliphatic hydroxyl groups excluding tert-OH is 1. The van der Waals surface area contributed by atoms with Crippen molar-refractivity contribution >= 4 is 21.8 Å². The number of aliphatic hydroxyl groups is 1. The zero-order valence-electron chi connectivity index (χ0n) is 13.5. The van der Waals surface area contributed by atoms with Gasteiger partial charge in [0.25, 0.3) is 5.91 Å². The quantitative estimate of drug-likeness (QED) is 0.809. The molecule has 4 heteroatoms. The first-order chi connectivity index (χ1) is 11.0. The number of aryl methyl sites for hydroxylation is 2. The van der Waals surface area contributed by atoms with Gasteiger partial charge < -0.3 is 10.4 Å². The Morgan fingerprint density at radius 2 is 2.00 bits per heavy atom. The Balaban J connectivity index is 1.97. The van der Waals surface area contributed by atoms with Gasteiger partial charge in [0, 0.05) is 29.1 Å². The van der Waals surface area contributed by atoms with E-state index < -0.39 is 0 Å². The van der Waals surface area contributed by atoms with Crippen LogP contribution >= 0.6 is 15.9 Å². The molecule has 0 saturated carbocycles. The second-order valence-corrected chi connectivity index (χ2v) is 6.83. The maximum absolute atomic E-state index is 12.3. The highest BCUT2D eigenvalue weighted by molar-refractivity contribution is 9.10. The molecule has 122 valence electrons. The van der Waals surface area contributed by atoms with Gasteiger partial charge in [-0.15, -0.1) is 0 Å². The van der Waals surface area contributed by atoms with E-state index in [-0.39, 0.29) is 18.4 Å². The molecule has 2 aromatic rings. The first-order valence-corrected chi connectivity index (χ1v) is 8.49. The maximum atomic E-state index is 12.3. The summed E-state index contributed by atoms with van der Waals surface area (Å²) >= 11 is 3.45. The van der Waals surface area contributed by atoms with E-state index in [1.165, 1.54) is 0 Å². The summed E-state index contributed by atoms with van der Waals surface area (Å²) in [6.45, 7) is 4.40. The molecular formula is C19H22BrNO2. The van der Waals surface area contributed by atoms with Gasteiger partial charge in [0.2, 0.25) is 0 Å². The Bertz CT molecular complexity index is 685. The smallest absolute Gasteiger partial charge is 0.251 e. The lowest BCUT2D eigenvalue weighted by Gasteiger charge is -2.16. The molecule has 0 radical (unpaired) electrons. The number of carbonyl (C=O) groups is 1. The summed E-state index contributed by atoms with van der Waals surface area (Å²) in [5, 5.41) is 12.5. The van der Waals surface area contributed by atoms with E-state index in [9.17, 15) is 9.90 Å². The number of hydrogen-bond acceptors (Lipinski definition) is 2. The van der Waals surface area contributed by atoms with Gasteiger partial charge in [-0.05, 0) is 49.6 Å². The van der Waals surface area contributed by atoms with Gasteiger partial charge in [-0.25, -0.2) is 0 Å². The van der Waals surface area contributed by atoms with Crippen molar-refractivity contribution in [2.45, 2.75) is 20.3 Å². The Hall–Kier alpha value is -1.65. The van der Waals surface area contributed by atoms with Crippen LogP contribution in [0.1, 0.15) is 27.0 Å². The molecule has 1 atom stereocenters. The fourth-order valence-electron chi connectivity index (χ4n) is 2.51. The zero-order chi connectivity index (χ0) is 16.8. The van der Waals surface area contributed by atoms with E-state index in [0.29, 0.717) is 12.1 Å². The lowest BCUT2D eigenvalue weighted by molar-refractivity contribution is 0.0939. The average Bonchev–Trinajstić information content (AvgIpc) is 2.53. The largest absolute Gasteiger partial charge is 0.396 e. The minimum atomic E-state index is -0.0844. The van der Waals surface area contributed by atoms with E-state index in [1.54, 1.807) is 0 Å². The minimum absolute atomic E-state index is 0.00151. The molecule has 2 rings (SSSR count). The van der Waals surface area contributed by atoms with Crippen LogP contribution in [0.25, 0.3) is 0 Å². The van der Waals surface area contributed by atoms with Crippen molar-refractivity contribution in [1.29, 1.82) is 0 Å². The minimum Gasteiger partial charge on any atom is -0.396 e. The van der Waals surface area contributed by atoms with Crippen LogP contribution in [0.2, 0.25) is 0 Å². The monoisotopic (exact) mass is 375 g/mol. The average molecular weight is 376 g/mol. The molecule has 2 N–H and O–H groups in total. The third-order valence-electron chi connectivity index (χ3n) is 3.86. The van der Waals surface area contributed by atoms with Gasteiger partial charge in [0.15, 0.2) is 0 Å². The molecule has 1 unspecified atom stereocenters. The van der Waals surface area contributed by atoms with Crippen LogP contribution in [-0.4, -0.2) is 24.2 Å². The molecule has 0 spiro atoms. The van der Waals surface area contributed by atoms with Crippen molar-refractivity contribution in [2.24, 2.45) is 5.92 Å². The van der Waals surface area contributed by atoms with Gasteiger partial charge in [0.1, 0.15) is 0 Å². The predicted octanol–water partition coefficient (Wildman–Crippen LogP) is 3.65. The molecule has 0 aromatic heterocycles. The topological polar surface area (TPSA) is 49.3 Å². The third kappa shape index (κ3) is 5.19. The van der Waals surface area contributed by atoms with E-state index in [0.717, 1.165) is 27.6 Å². The summed E-state index contributed by atoms with van der Waals surface area (Å²) in [6, 6.07) is 13.9. The predicted molar refractivity (Wildman–Crippen MR) is 96.7 cm³/mol. The summed E-state index contributed by atoms with van der Waals surface area (Å²) in [4.78, 5) is 12.3. The van der Waals surface area contributed by atoms with Crippen LogP contribution in [0.5, 0.6) is 0 Å². The number of rotatable bonds is 6. The van der Waals surface area contributed by atoms with Gasteiger partial charge in [-0.3, -0.25) is 4.79 Å². The van der Waals surface area contributed by atoms with Gasteiger partial charge in [0.05, 0.1) is 0 Å². The number of halogens is 1. The number of amides is 1. The summed E-state index contributed by atoms with van der Waals surface area (Å²) in [7, 11) is 0.